The van der Waals surface area contributed by atoms with E-state index in [2.05, 4.69) is 10.6 Å². The van der Waals surface area contributed by atoms with E-state index >= 15 is 0 Å². The summed E-state index contributed by atoms with van der Waals surface area (Å²) in [4.78, 5) is 10.9. The van der Waals surface area contributed by atoms with Crippen molar-refractivity contribution in [1.29, 1.82) is 0 Å². The van der Waals surface area contributed by atoms with Crippen molar-refractivity contribution in [2.75, 3.05) is 20.2 Å². The summed E-state index contributed by atoms with van der Waals surface area (Å²) in [6.45, 7) is 1.50. The van der Waals surface area contributed by atoms with Crippen LogP contribution in [-0.2, 0) is 6.42 Å². The topological polar surface area (TPSA) is 70.6 Å². The molecule has 1 amide bonds. The number of amides is 1. The van der Waals surface area contributed by atoms with Gasteiger partial charge in [-0.2, -0.15) is 0 Å². The fraction of sp³-hybridized carbons (Fsp3) is 0.462. The third-order valence-electron chi connectivity index (χ3n) is 3.29. The zero-order valence-electron chi connectivity index (χ0n) is 10.4. The monoisotopic (exact) mass is 250 g/mol. The molecule has 1 heterocycles. The fourth-order valence-electron chi connectivity index (χ4n) is 2.45. The highest BCUT2D eigenvalue weighted by molar-refractivity contribution is 5.66. The number of hydrogen-bond donors (Lipinski definition) is 3. The molecule has 0 aliphatic carbocycles. The van der Waals surface area contributed by atoms with Crippen molar-refractivity contribution >= 4 is 6.09 Å². The second-order valence-corrected chi connectivity index (χ2v) is 4.67. The first kappa shape index (κ1) is 12.7. The summed E-state index contributed by atoms with van der Waals surface area (Å²) in [5.41, 5.74) is 0.671. The van der Waals surface area contributed by atoms with E-state index in [-0.39, 0.29) is 0 Å². The Morgan fingerprint density at radius 1 is 1.61 bits per heavy atom. The molecule has 0 radical (unpaired) electrons. The van der Waals surface area contributed by atoms with Gasteiger partial charge in [-0.3, -0.25) is 0 Å². The van der Waals surface area contributed by atoms with Gasteiger partial charge in [0.2, 0.25) is 0 Å². The Hall–Kier alpha value is -1.75. The third-order valence-corrected chi connectivity index (χ3v) is 3.29. The van der Waals surface area contributed by atoms with Gasteiger partial charge in [-0.25, -0.2) is 4.79 Å². The molecule has 1 atom stereocenters. The molecular weight excluding hydrogens is 232 g/mol. The largest absolute Gasteiger partial charge is 0.497 e. The summed E-state index contributed by atoms with van der Waals surface area (Å²) in [6.07, 6.45) is 0.501. The van der Waals surface area contributed by atoms with E-state index in [0.717, 1.165) is 24.3 Å². The van der Waals surface area contributed by atoms with E-state index in [1.165, 1.54) is 0 Å². The maximum absolute atomic E-state index is 10.9. The molecule has 1 aliphatic heterocycles. The molecule has 1 fully saturated rings. The van der Waals surface area contributed by atoms with Gasteiger partial charge >= 0.3 is 6.09 Å². The molecule has 0 unspecified atom stereocenters. The molecule has 98 valence electrons. The Morgan fingerprint density at radius 3 is 3.06 bits per heavy atom. The maximum Gasteiger partial charge on any atom is 0.405 e. The van der Waals surface area contributed by atoms with E-state index in [0.29, 0.717) is 13.0 Å². The molecule has 0 aromatic heterocycles. The van der Waals surface area contributed by atoms with Gasteiger partial charge in [0.1, 0.15) is 5.75 Å². The van der Waals surface area contributed by atoms with Gasteiger partial charge in [0, 0.05) is 6.54 Å². The zero-order chi connectivity index (χ0) is 13.0. The standard InChI is InChI=1S/C13H18N2O3/c1-18-11-4-2-3-10(7-11)8-13(15-12(16)17)5-6-14-9-13/h2-4,7,14-15H,5-6,8-9H2,1H3,(H,16,17)/t13-/m0/s1. The first-order valence-corrected chi connectivity index (χ1v) is 5.98. The van der Waals surface area contributed by atoms with Crippen LogP contribution in [0.1, 0.15) is 12.0 Å². The van der Waals surface area contributed by atoms with Crippen LogP contribution in [0.15, 0.2) is 24.3 Å². The normalized spacial score (nSPS) is 22.7. The lowest BCUT2D eigenvalue weighted by Gasteiger charge is -2.28. The SMILES string of the molecule is COc1cccc(C[C@@]2(NC(=O)O)CCNC2)c1. The third kappa shape index (κ3) is 2.92. The molecule has 5 nitrogen and oxygen atoms in total. The quantitative estimate of drug-likeness (QED) is 0.752. The van der Waals surface area contributed by atoms with Crippen LogP contribution in [0.4, 0.5) is 4.79 Å². The molecule has 3 N–H and O–H groups in total. The first-order valence-electron chi connectivity index (χ1n) is 5.98. The second kappa shape index (κ2) is 5.27. The predicted octanol–water partition coefficient (Wildman–Crippen LogP) is 1.24. The molecule has 1 aromatic carbocycles. The van der Waals surface area contributed by atoms with E-state index in [1.54, 1.807) is 7.11 Å². The van der Waals surface area contributed by atoms with Crippen molar-refractivity contribution in [3.63, 3.8) is 0 Å². The number of carbonyl (C=O) groups is 1. The van der Waals surface area contributed by atoms with Gasteiger partial charge < -0.3 is 20.5 Å². The van der Waals surface area contributed by atoms with Crippen LogP contribution in [-0.4, -0.2) is 36.9 Å². The van der Waals surface area contributed by atoms with Crippen molar-refractivity contribution in [1.82, 2.24) is 10.6 Å². The highest BCUT2D eigenvalue weighted by Gasteiger charge is 2.35. The summed E-state index contributed by atoms with van der Waals surface area (Å²) in [5.74, 6) is 0.795. The van der Waals surface area contributed by atoms with Crippen LogP contribution in [0, 0.1) is 0 Å². The minimum Gasteiger partial charge on any atom is -0.497 e. The van der Waals surface area contributed by atoms with Crippen molar-refractivity contribution < 1.29 is 14.6 Å². The van der Waals surface area contributed by atoms with Crippen molar-refractivity contribution in [2.24, 2.45) is 0 Å². The van der Waals surface area contributed by atoms with Gasteiger partial charge in [0.05, 0.1) is 12.6 Å². The number of carboxylic acid groups (broad SMARTS) is 1. The van der Waals surface area contributed by atoms with E-state index in [4.69, 9.17) is 9.84 Å². The molecule has 5 heteroatoms. The van der Waals surface area contributed by atoms with Gasteiger partial charge in [-0.15, -0.1) is 0 Å². The van der Waals surface area contributed by atoms with Crippen molar-refractivity contribution in [2.45, 2.75) is 18.4 Å². The lowest BCUT2D eigenvalue weighted by molar-refractivity contribution is 0.179. The average molecular weight is 250 g/mol. The van der Waals surface area contributed by atoms with Crippen LogP contribution < -0.4 is 15.4 Å². The van der Waals surface area contributed by atoms with Gasteiger partial charge in [0.15, 0.2) is 0 Å². The fourth-order valence-corrected chi connectivity index (χ4v) is 2.45. The molecule has 0 bridgehead atoms. The summed E-state index contributed by atoms with van der Waals surface area (Å²) < 4.78 is 5.18. The molecule has 0 saturated carbocycles. The molecule has 1 saturated heterocycles. The smallest absolute Gasteiger partial charge is 0.405 e. The van der Waals surface area contributed by atoms with Crippen LogP contribution in [0.25, 0.3) is 0 Å². The van der Waals surface area contributed by atoms with E-state index in [9.17, 15) is 4.79 Å². The minimum absolute atomic E-state index is 0.405. The molecule has 1 aromatic rings. The summed E-state index contributed by atoms with van der Waals surface area (Å²) in [6, 6.07) is 7.74. The maximum atomic E-state index is 10.9. The lowest BCUT2D eigenvalue weighted by Crippen LogP contribution is -2.51. The molecule has 18 heavy (non-hydrogen) atoms. The average Bonchev–Trinajstić information content (AvgIpc) is 2.76. The Kier molecular flexibility index (Phi) is 3.72. The number of benzene rings is 1. The Labute approximate surface area is 106 Å². The van der Waals surface area contributed by atoms with Crippen LogP contribution in [0.5, 0.6) is 5.75 Å². The van der Waals surface area contributed by atoms with Crippen molar-refractivity contribution in [3.8, 4) is 5.75 Å². The van der Waals surface area contributed by atoms with Gasteiger partial charge in [-0.05, 0) is 37.1 Å². The van der Waals surface area contributed by atoms with Crippen molar-refractivity contribution in [3.05, 3.63) is 29.8 Å². The highest BCUT2D eigenvalue weighted by atomic mass is 16.5. The van der Waals surface area contributed by atoms with E-state index < -0.39 is 11.6 Å². The number of ether oxygens (including phenoxy) is 1. The Balaban J connectivity index is 2.15. The molecule has 0 spiro atoms. The lowest BCUT2D eigenvalue weighted by atomic mass is 9.90. The molecule has 1 aliphatic rings. The van der Waals surface area contributed by atoms with Gasteiger partial charge in [0.25, 0.3) is 0 Å². The predicted molar refractivity (Wildman–Crippen MR) is 68.1 cm³/mol. The summed E-state index contributed by atoms with van der Waals surface area (Å²) >= 11 is 0. The van der Waals surface area contributed by atoms with E-state index in [1.807, 2.05) is 24.3 Å². The Bertz CT molecular complexity index is 428. The molecule has 2 rings (SSSR count). The first-order chi connectivity index (χ1) is 8.63. The minimum atomic E-state index is -0.971. The number of methoxy groups -OCH3 is 1. The molecular formula is C13H18N2O3. The summed E-state index contributed by atoms with van der Waals surface area (Å²) in [7, 11) is 1.63. The number of nitrogens with one attached hydrogen (secondary N) is 2. The van der Waals surface area contributed by atoms with Crippen LogP contribution in [0.3, 0.4) is 0 Å². The van der Waals surface area contributed by atoms with Gasteiger partial charge in [-0.1, -0.05) is 12.1 Å². The second-order valence-electron chi connectivity index (χ2n) is 4.67. The van der Waals surface area contributed by atoms with Crippen LogP contribution in [0.2, 0.25) is 0 Å². The zero-order valence-corrected chi connectivity index (χ0v) is 10.4. The Morgan fingerprint density at radius 2 is 2.44 bits per heavy atom. The highest BCUT2D eigenvalue weighted by Crippen LogP contribution is 2.23. The van der Waals surface area contributed by atoms with Crippen LogP contribution >= 0.6 is 0 Å². The number of hydrogen-bond acceptors (Lipinski definition) is 3. The number of rotatable bonds is 4. The summed E-state index contributed by atoms with van der Waals surface area (Å²) in [5, 5.41) is 14.8.